The van der Waals surface area contributed by atoms with Crippen LogP contribution in [0.15, 0.2) is 60.9 Å². The molecule has 54 heavy (non-hydrogen) atoms. The van der Waals surface area contributed by atoms with E-state index in [-0.39, 0.29) is 35.7 Å². The number of likely N-dealkylation sites (tertiary alicyclic amines) is 2. The standard InChI is InChI=1S/C40H50N8O6/c1-23(2)33(45-39(51)53-5)37(49)47-19-7-9-31(47)35-41-21-29(43-35)27-15-11-25(12-16-27)26-13-17-28(18-14-26)30-22-42-36(44-30)32-10-8-20-48(32)38(50)34(24(3)4)46-40(52)54-6/h11-18,21-24,31-34H,7-10,19-20H2,1-6H3,(H,41,43)(H,42,44)(H,45,51)(H,46,52)/t31-,32-,33-,34-/m0/s1/i5+1D3,6+1D3. The van der Waals surface area contributed by atoms with E-state index in [1.165, 1.54) is 0 Å². The molecule has 14 heteroatoms. The third-order valence-electron chi connectivity index (χ3n) is 10.2. The SMILES string of the molecule is [2H][13C]([2H])([2H])OC(=O)N[C@H](C(=O)N1CCC[C@H]1c1ncc(-c2ccc(-c3ccc(-c4cnc([C@@H]5CCCN5C(=O)[C@@H](NC(=O)O[13C]([2H])([2H])[2H])C(C)C)[nH]4)cc3)cc2)[nH]1)C(C)C. The largest absolute Gasteiger partial charge is 0.453 e. The number of carbonyl (C=O) groups excluding carboxylic acids is 4. The lowest BCUT2D eigenvalue weighted by atomic mass is 10.0. The maximum Gasteiger partial charge on any atom is 0.407 e. The Morgan fingerprint density at radius 1 is 0.667 bits per heavy atom. The van der Waals surface area contributed by atoms with Crippen LogP contribution in [0.5, 0.6) is 0 Å². The molecule has 4 N–H and O–H groups in total. The Morgan fingerprint density at radius 3 is 1.39 bits per heavy atom. The van der Waals surface area contributed by atoms with Crippen molar-refractivity contribution in [1.82, 2.24) is 40.4 Å². The van der Waals surface area contributed by atoms with E-state index in [0.29, 0.717) is 37.6 Å². The van der Waals surface area contributed by atoms with Crippen molar-refractivity contribution in [1.29, 1.82) is 0 Å². The van der Waals surface area contributed by atoms with Crippen molar-refractivity contribution in [2.24, 2.45) is 11.8 Å². The first kappa shape index (κ1) is 30.8. The fourth-order valence-electron chi connectivity index (χ4n) is 7.32. The van der Waals surface area contributed by atoms with E-state index in [4.69, 9.17) is 8.22 Å². The molecule has 2 aliphatic rings. The molecule has 4 amide bonds. The molecule has 6 rings (SSSR count). The first-order valence-corrected chi connectivity index (χ1v) is 18.2. The van der Waals surface area contributed by atoms with Gasteiger partial charge in [-0.1, -0.05) is 76.2 Å². The lowest BCUT2D eigenvalue weighted by Gasteiger charge is -2.30. The topological polar surface area (TPSA) is 175 Å². The summed E-state index contributed by atoms with van der Waals surface area (Å²) in [4.78, 5) is 71.0. The Labute approximate surface area is 323 Å². The van der Waals surface area contributed by atoms with Crippen molar-refractivity contribution in [2.45, 2.75) is 77.5 Å². The Bertz CT molecular complexity index is 2000. The number of hydrogen-bond donors (Lipinski definition) is 4. The number of H-pyrrole nitrogens is 2. The van der Waals surface area contributed by atoms with Gasteiger partial charge in [-0.05, 0) is 59.8 Å². The molecule has 2 fully saturated rings. The third-order valence-corrected chi connectivity index (χ3v) is 10.2. The van der Waals surface area contributed by atoms with Gasteiger partial charge in [0, 0.05) is 13.1 Å². The minimum atomic E-state index is -2.93. The summed E-state index contributed by atoms with van der Waals surface area (Å²) < 4.78 is 52.0. The summed E-state index contributed by atoms with van der Waals surface area (Å²) in [5.74, 6) is -0.0878. The van der Waals surface area contributed by atoms with Gasteiger partial charge in [0.2, 0.25) is 11.8 Å². The zero-order valence-electron chi connectivity index (χ0n) is 36.7. The second-order valence-electron chi connectivity index (χ2n) is 14.4. The van der Waals surface area contributed by atoms with Gasteiger partial charge in [-0.2, -0.15) is 0 Å². The Kier molecular flexibility index (Phi) is 9.44. The number of aromatic amines is 2. The lowest BCUT2D eigenvalue weighted by molar-refractivity contribution is -0.136. The van der Waals surface area contributed by atoms with Gasteiger partial charge in [0.1, 0.15) is 23.7 Å². The predicted molar refractivity (Wildman–Crippen MR) is 203 cm³/mol. The number of imidazole rings is 2. The van der Waals surface area contributed by atoms with Crippen LogP contribution in [0.1, 0.15) is 85.3 Å². The molecule has 0 aliphatic carbocycles. The van der Waals surface area contributed by atoms with E-state index in [1.54, 1.807) is 49.9 Å². The highest BCUT2D eigenvalue weighted by atomic mass is 16.6. The number of nitrogens with zero attached hydrogens (tertiary/aromatic N) is 4. The zero-order chi connectivity index (χ0) is 43.5. The molecule has 14 nitrogen and oxygen atoms in total. The minimum absolute atomic E-state index is 0.321. The number of hydrogen-bond acceptors (Lipinski definition) is 8. The minimum Gasteiger partial charge on any atom is -0.453 e. The smallest absolute Gasteiger partial charge is 0.407 e. The van der Waals surface area contributed by atoms with Crippen molar-refractivity contribution in [2.75, 3.05) is 27.2 Å². The molecule has 0 bridgehead atoms. The molecule has 0 spiro atoms. The fourth-order valence-corrected chi connectivity index (χ4v) is 7.32. The van der Waals surface area contributed by atoms with Crippen molar-refractivity contribution in [3.63, 3.8) is 0 Å². The summed E-state index contributed by atoms with van der Waals surface area (Å²) in [6.45, 7) is 7.98. The summed E-state index contributed by atoms with van der Waals surface area (Å²) in [7, 11) is -5.85. The van der Waals surface area contributed by atoms with Crippen molar-refractivity contribution in [3.05, 3.63) is 72.6 Å². The first-order chi connectivity index (χ1) is 28.3. The van der Waals surface area contributed by atoms with Crippen molar-refractivity contribution < 1.29 is 36.9 Å². The van der Waals surface area contributed by atoms with Gasteiger partial charge in [0.05, 0.1) is 58.2 Å². The van der Waals surface area contributed by atoms with Crippen LogP contribution < -0.4 is 10.6 Å². The normalized spacial score (nSPS) is 20.3. The number of benzene rings is 2. The summed E-state index contributed by atoms with van der Waals surface area (Å²) in [6, 6.07) is 13.3. The number of rotatable bonds is 11. The summed E-state index contributed by atoms with van der Waals surface area (Å²) in [5, 5.41) is 4.86. The molecule has 2 aliphatic heterocycles. The molecule has 2 aromatic heterocycles. The van der Waals surface area contributed by atoms with Gasteiger partial charge in [-0.3, -0.25) is 9.59 Å². The van der Waals surface area contributed by atoms with E-state index < -0.39 is 38.3 Å². The molecule has 4 heterocycles. The molecule has 0 unspecified atom stereocenters. The van der Waals surface area contributed by atoms with Crippen LogP contribution in [0, 0.1) is 11.8 Å². The highest BCUT2D eigenvalue weighted by Crippen LogP contribution is 2.35. The van der Waals surface area contributed by atoms with Crippen LogP contribution >= 0.6 is 0 Å². The van der Waals surface area contributed by atoms with Crippen LogP contribution in [-0.4, -0.2) is 93.0 Å². The highest BCUT2D eigenvalue weighted by molar-refractivity contribution is 5.87. The molecule has 2 aromatic carbocycles. The molecule has 4 atom stereocenters. The number of amides is 4. The maximum absolute atomic E-state index is 13.6. The number of aromatic nitrogens is 4. The number of alkyl carbamates (subject to hydrolysis) is 2. The Balaban J connectivity index is 1.09. The van der Waals surface area contributed by atoms with Gasteiger partial charge in [-0.25, -0.2) is 19.6 Å². The first-order valence-electron chi connectivity index (χ1n) is 21.2. The van der Waals surface area contributed by atoms with Gasteiger partial charge in [0.15, 0.2) is 0 Å². The highest BCUT2D eigenvalue weighted by Gasteiger charge is 2.39. The van der Waals surface area contributed by atoms with E-state index >= 15 is 0 Å². The van der Waals surface area contributed by atoms with E-state index in [0.717, 1.165) is 46.5 Å². The van der Waals surface area contributed by atoms with Gasteiger partial charge >= 0.3 is 12.2 Å². The zero-order valence-corrected chi connectivity index (χ0v) is 30.7. The van der Waals surface area contributed by atoms with E-state index in [1.807, 2.05) is 48.5 Å². The summed E-state index contributed by atoms with van der Waals surface area (Å²) in [6.07, 6.45) is 3.92. The van der Waals surface area contributed by atoms with Crippen LogP contribution in [0.3, 0.4) is 0 Å². The molecule has 0 saturated carbocycles. The maximum atomic E-state index is 13.6. The van der Waals surface area contributed by atoms with Crippen LogP contribution in [0.4, 0.5) is 9.59 Å². The molecular formula is C40H50N8O6. The average Bonchev–Trinajstić information content (AvgIpc) is 4.01. The predicted octanol–water partition coefficient (Wildman–Crippen LogP) is 6.22. The molecule has 286 valence electrons. The quantitative estimate of drug-likeness (QED) is 0.131. The van der Waals surface area contributed by atoms with Gasteiger partial charge < -0.3 is 39.9 Å². The molecule has 0 radical (unpaired) electrons. The Morgan fingerprint density at radius 2 is 1.04 bits per heavy atom. The van der Waals surface area contributed by atoms with Gasteiger partial charge in [-0.15, -0.1) is 0 Å². The van der Waals surface area contributed by atoms with Crippen molar-refractivity contribution >= 4 is 24.0 Å². The number of nitrogens with one attached hydrogen (secondary N) is 4. The van der Waals surface area contributed by atoms with E-state index in [2.05, 4.69) is 40.0 Å². The number of methoxy groups -OCH3 is 2. The molecular weight excluding hydrogens is 690 g/mol. The van der Waals surface area contributed by atoms with Gasteiger partial charge in [0.25, 0.3) is 0 Å². The summed E-state index contributed by atoms with van der Waals surface area (Å²) in [5.41, 5.74) is 5.32. The fraction of sp³-hybridized carbons (Fsp3) is 0.450. The van der Waals surface area contributed by atoms with E-state index in [9.17, 15) is 19.2 Å². The second-order valence-corrected chi connectivity index (χ2v) is 14.4. The number of carbonyl (C=O) groups is 4. The van der Waals surface area contributed by atoms with Crippen LogP contribution in [0.25, 0.3) is 33.6 Å². The van der Waals surface area contributed by atoms with Crippen LogP contribution in [0.2, 0.25) is 0 Å². The number of ether oxygens (including phenoxy) is 2. The molecule has 4 aromatic rings. The Hall–Kier alpha value is -5.66. The second kappa shape index (κ2) is 16.6. The third kappa shape index (κ3) is 8.12. The monoisotopic (exact) mass is 746 g/mol. The average molecular weight is 747 g/mol. The lowest BCUT2D eigenvalue weighted by Crippen LogP contribution is -2.51. The van der Waals surface area contributed by atoms with Crippen molar-refractivity contribution in [3.8, 4) is 33.6 Å². The summed E-state index contributed by atoms with van der Waals surface area (Å²) >= 11 is 0. The molecule has 2 saturated heterocycles. The van der Waals surface area contributed by atoms with Crippen LogP contribution in [-0.2, 0) is 19.1 Å².